The number of alkyl halides is 2. The number of amidine groups is 1. The third-order valence-corrected chi connectivity index (χ3v) is 7.04. The third kappa shape index (κ3) is 4.99. The molecule has 0 unspecified atom stereocenters. The summed E-state index contributed by atoms with van der Waals surface area (Å²) >= 11 is 2.91. The predicted molar refractivity (Wildman–Crippen MR) is 117 cm³/mol. The number of hydrogen-bond donors (Lipinski definition) is 2. The number of thiazole rings is 1. The second-order valence-corrected chi connectivity index (χ2v) is 9.73. The number of nitrogens with two attached hydrogens (primary N) is 1. The molecule has 3 N–H and O–H groups in total. The van der Waals surface area contributed by atoms with E-state index in [-0.39, 0.29) is 23.6 Å². The summed E-state index contributed by atoms with van der Waals surface area (Å²) in [5, 5.41) is 5.62. The molecular weight excluding hydrogens is 462 g/mol. The Morgan fingerprint density at radius 3 is 2.97 bits per heavy atom. The van der Waals surface area contributed by atoms with Crippen molar-refractivity contribution in [2.75, 3.05) is 24.3 Å². The normalized spacial score (nSPS) is 25.6. The number of carbonyl (C=O) groups is 1. The first-order valence-corrected chi connectivity index (χ1v) is 11.7. The Kier molecular flexibility index (Phi) is 6.32. The number of aliphatic imine (C=N–C) groups is 1. The first-order chi connectivity index (χ1) is 15.1. The van der Waals surface area contributed by atoms with Crippen LogP contribution in [0, 0.1) is 5.92 Å². The molecule has 4 heterocycles. The molecule has 0 radical (unpaired) electrons. The molecule has 2 aliphatic heterocycles. The van der Waals surface area contributed by atoms with Gasteiger partial charge < -0.3 is 20.5 Å². The van der Waals surface area contributed by atoms with Crippen molar-refractivity contribution in [3.05, 3.63) is 28.5 Å². The molecule has 0 saturated carbocycles. The summed E-state index contributed by atoms with van der Waals surface area (Å²) < 4.78 is 36.5. The van der Waals surface area contributed by atoms with Crippen LogP contribution in [0.15, 0.2) is 22.8 Å². The molecule has 32 heavy (non-hydrogen) atoms. The van der Waals surface area contributed by atoms with E-state index in [4.69, 9.17) is 20.2 Å². The summed E-state index contributed by atoms with van der Waals surface area (Å²) in [6.07, 6.45) is 3.25. The SMILES string of the molecule is C[C@H]1C[C@H]2CSC(N)=N[C@@]2(c2nc(NC(=O)c3cnc(OCC(C)(F)F)cn3)cs2)CO1. The lowest BCUT2D eigenvalue weighted by atomic mass is 9.80. The van der Waals surface area contributed by atoms with Gasteiger partial charge in [-0.25, -0.2) is 28.7 Å². The largest absolute Gasteiger partial charge is 0.470 e. The lowest BCUT2D eigenvalue weighted by Crippen LogP contribution is -2.49. The fourth-order valence-corrected chi connectivity index (χ4v) is 5.47. The van der Waals surface area contributed by atoms with Crippen molar-refractivity contribution >= 4 is 40.0 Å². The highest BCUT2D eigenvalue weighted by molar-refractivity contribution is 8.13. The van der Waals surface area contributed by atoms with Gasteiger partial charge in [-0.2, -0.15) is 0 Å². The summed E-state index contributed by atoms with van der Waals surface area (Å²) in [6.45, 7) is 2.32. The van der Waals surface area contributed by atoms with Crippen LogP contribution in [-0.4, -0.2) is 57.0 Å². The second-order valence-electron chi connectivity index (χ2n) is 7.83. The van der Waals surface area contributed by atoms with E-state index >= 15 is 0 Å². The van der Waals surface area contributed by atoms with Crippen molar-refractivity contribution in [3.63, 3.8) is 0 Å². The number of carbonyl (C=O) groups excluding carboxylic acids is 1. The minimum atomic E-state index is -2.99. The zero-order chi connectivity index (χ0) is 22.9. The van der Waals surface area contributed by atoms with Crippen LogP contribution in [-0.2, 0) is 10.3 Å². The summed E-state index contributed by atoms with van der Waals surface area (Å²) in [5.41, 5.74) is 5.36. The minimum Gasteiger partial charge on any atom is -0.470 e. The molecule has 0 spiro atoms. The van der Waals surface area contributed by atoms with Gasteiger partial charge in [-0.15, -0.1) is 11.3 Å². The summed E-state index contributed by atoms with van der Waals surface area (Å²) in [4.78, 5) is 29.6. The van der Waals surface area contributed by atoms with E-state index in [1.807, 2.05) is 6.92 Å². The van der Waals surface area contributed by atoms with Gasteiger partial charge in [-0.1, -0.05) is 11.8 Å². The molecule has 2 aliphatic rings. The van der Waals surface area contributed by atoms with Gasteiger partial charge in [0.1, 0.15) is 22.1 Å². The van der Waals surface area contributed by atoms with Gasteiger partial charge >= 0.3 is 0 Å². The van der Waals surface area contributed by atoms with Gasteiger partial charge in [0.25, 0.3) is 11.8 Å². The Labute approximate surface area is 191 Å². The van der Waals surface area contributed by atoms with Crippen molar-refractivity contribution in [1.82, 2.24) is 15.0 Å². The minimum absolute atomic E-state index is 0.00245. The standard InChI is InChI=1S/C19H22F2N6O3S2/c1-10-3-11-6-32-17(22)27-19(11,9-29-10)16-26-13(7-31-16)25-15(28)12-4-24-14(5-23-12)30-8-18(2,20)21/h4-5,7,10-11H,3,6,8-9H2,1-2H3,(H2,22,27)(H,25,28)/t10-,11-,19-/m0/s1. The average molecular weight is 485 g/mol. The molecule has 9 nitrogen and oxygen atoms in total. The van der Waals surface area contributed by atoms with Gasteiger partial charge in [-0.3, -0.25) is 4.79 Å². The number of amides is 1. The van der Waals surface area contributed by atoms with Crippen molar-refractivity contribution in [1.29, 1.82) is 0 Å². The summed E-state index contributed by atoms with van der Waals surface area (Å²) in [6, 6.07) is 0. The van der Waals surface area contributed by atoms with E-state index in [1.165, 1.54) is 23.1 Å². The van der Waals surface area contributed by atoms with E-state index in [0.717, 1.165) is 36.5 Å². The number of nitrogens with one attached hydrogen (secondary N) is 1. The van der Waals surface area contributed by atoms with E-state index in [1.54, 1.807) is 5.38 Å². The highest BCUT2D eigenvalue weighted by Gasteiger charge is 2.49. The topological polar surface area (TPSA) is 125 Å². The monoisotopic (exact) mass is 484 g/mol. The second kappa shape index (κ2) is 8.87. The Morgan fingerprint density at radius 2 is 2.25 bits per heavy atom. The molecular formula is C19H22F2N6O3S2. The van der Waals surface area contributed by atoms with E-state index in [9.17, 15) is 13.6 Å². The predicted octanol–water partition coefficient (Wildman–Crippen LogP) is 2.90. The fraction of sp³-hybridized carbons (Fsp3) is 0.526. The molecule has 0 aliphatic carbocycles. The van der Waals surface area contributed by atoms with Crippen molar-refractivity contribution in [3.8, 4) is 5.88 Å². The lowest BCUT2D eigenvalue weighted by Gasteiger charge is -2.44. The number of thioether (sulfide) groups is 1. The van der Waals surface area contributed by atoms with Gasteiger partial charge in [0.05, 0.1) is 25.1 Å². The summed E-state index contributed by atoms with van der Waals surface area (Å²) in [7, 11) is 0. The third-order valence-electron chi connectivity index (χ3n) is 5.07. The number of nitrogens with zero attached hydrogens (tertiary/aromatic N) is 4. The highest BCUT2D eigenvalue weighted by atomic mass is 32.2. The van der Waals surface area contributed by atoms with Gasteiger partial charge in [0.15, 0.2) is 11.8 Å². The van der Waals surface area contributed by atoms with E-state index in [2.05, 4.69) is 20.3 Å². The Hall–Kier alpha value is -2.38. The van der Waals surface area contributed by atoms with E-state index < -0.39 is 24.0 Å². The fourth-order valence-electron chi connectivity index (χ4n) is 3.50. The zero-order valence-electron chi connectivity index (χ0n) is 17.4. The maximum atomic E-state index is 12.9. The average Bonchev–Trinajstić information content (AvgIpc) is 3.21. The number of anilines is 1. The lowest BCUT2D eigenvalue weighted by molar-refractivity contribution is -0.0466. The number of halogens is 2. The number of fused-ring (bicyclic) bond motifs is 1. The van der Waals surface area contributed by atoms with Crippen molar-refractivity contribution in [2.24, 2.45) is 16.6 Å². The zero-order valence-corrected chi connectivity index (χ0v) is 19.0. The van der Waals surface area contributed by atoms with Crippen LogP contribution in [0.5, 0.6) is 5.88 Å². The van der Waals surface area contributed by atoms with Crippen LogP contribution in [0.1, 0.15) is 35.8 Å². The number of aromatic nitrogens is 3. The summed E-state index contributed by atoms with van der Waals surface area (Å²) in [5.74, 6) is -2.22. The van der Waals surface area contributed by atoms with E-state index in [0.29, 0.717) is 17.6 Å². The molecule has 1 amide bonds. The maximum Gasteiger partial charge on any atom is 0.278 e. The first kappa shape index (κ1) is 22.8. The molecule has 4 rings (SSSR count). The van der Waals surface area contributed by atoms with Crippen LogP contribution in [0.4, 0.5) is 14.6 Å². The van der Waals surface area contributed by atoms with Gasteiger partial charge in [0.2, 0.25) is 5.88 Å². The maximum absolute atomic E-state index is 12.9. The molecule has 0 bridgehead atoms. The highest BCUT2D eigenvalue weighted by Crippen LogP contribution is 2.47. The Bertz CT molecular complexity index is 1010. The molecule has 172 valence electrons. The van der Waals surface area contributed by atoms with Crippen LogP contribution in [0.2, 0.25) is 0 Å². The molecule has 1 saturated heterocycles. The molecule has 0 aromatic carbocycles. The Balaban J connectivity index is 1.46. The van der Waals surface area contributed by atoms with Crippen LogP contribution in [0.25, 0.3) is 0 Å². The van der Waals surface area contributed by atoms with Crippen LogP contribution < -0.4 is 15.8 Å². The molecule has 1 fully saturated rings. The molecule has 3 atom stereocenters. The quantitative estimate of drug-likeness (QED) is 0.641. The van der Waals surface area contributed by atoms with Crippen molar-refractivity contribution in [2.45, 2.75) is 37.8 Å². The first-order valence-electron chi connectivity index (χ1n) is 9.84. The molecule has 2 aromatic rings. The molecule has 13 heteroatoms. The van der Waals surface area contributed by atoms with Gasteiger partial charge in [0, 0.05) is 24.0 Å². The molecule has 2 aromatic heterocycles. The van der Waals surface area contributed by atoms with Crippen LogP contribution >= 0.6 is 23.1 Å². The smallest absolute Gasteiger partial charge is 0.278 e. The Morgan fingerprint density at radius 1 is 1.44 bits per heavy atom. The van der Waals surface area contributed by atoms with Crippen molar-refractivity contribution < 1.29 is 23.0 Å². The number of hydrogen-bond acceptors (Lipinski definition) is 10. The van der Waals surface area contributed by atoms with Gasteiger partial charge in [-0.05, 0) is 13.3 Å². The number of rotatable bonds is 6. The number of ether oxygens (including phenoxy) is 2. The van der Waals surface area contributed by atoms with Crippen LogP contribution in [0.3, 0.4) is 0 Å².